The molecule has 0 aromatic rings. The molecule has 4 rings (SSSR count). The average molecular weight is 535 g/mol. The van der Waals surface area contributed by atoms with Crippen LogP contribution in [-0.2, 0) is 14.4 Å². The van der Waals surface area contributed by atoms with E-state index in [1.807, 2.05) is 34.6 Å². The van der Waals surface area contributed by atoms with E-state index in [1.165, 1.54) is 6.92 Å². The van der Waals surface area contributed by atoms with E-state index < -0.39 is 69.7 Å². The largest absolute Gasteiger partial charge is 0.481 e. The van der Waals surface area contributed by atoms with Gasteiger partial charge in [-0.15, -0.1) is 0 Å². The molecule has 0 bridgehead atoms. The molecule has 0 aromatic heterocycles. The SMILES string of the molecule is CC(CC(=O)C[C@@H](C)[C@H]1C[C@H](O)[C@@]2(C)C3=C(C(=O)[C@@H](O)[C@]12C)[C@@]1(C)CC[C@H](O)C(C)(C)[C@@H]1C[C@@H]3O)C(=O)O. The molecule has 0 aromatic carbocycles. The summed E-state index contributed by atoms with van der Waals surface area (Å²) < 4.78 is 0. The highest BCUT2D eigenvalue weighted by Gasteiger charge is 2.73. The number of fused-ring (bicyclic) bond motifs is 4. The third kappa shape index (κ3) is 3.73. The first-order valence-corrected chi connectivity index (χ1v) is 14.1. The number of hydrogen-bond acceptors (Lipinski definition) is 7. The van der Waals surface area contributed by atoms with Crippen LogP contribution >= 0.6 is 0 Å². The smallest absolute Gasteiger partial charge is 0.306 e. The fraction of sp³-hybridized carbons (Fsp3) is 0.833. The van der Waals surface area contributed by atoms with Gasteiger partial charge < -0.3 is 25.5 Å². The molecule has 8 nitrogen and oxygen atoms in total. The number of ketones is 2. The number of aliphatic hydroxyl groups excluding tert-OH is 4. The lowest BCUT2D eigenvalue weighted by molar-refractivity contribution is -0.161. The van der Waals surface area contributed by atoms with Crippen molar-refractivity contribution in [1.29, 1.82) is 0 Å². The van der Waals surface area contributed by atoms with Crippen LogP contribution in [0.1, 0.15) is 87.0 Å². The number of carboxylic acids is 1. The van der Waals surface area contributed by atoms with Crippen LogP contribution in [0.15, 0.2) is 11.1 Å². The van der Waals surface area contributed by atoms with Gasteiger partial charge in [0.15, 0.2) is 5.78 Å². The van der Waals surface area contributed by atoms with Gasteiger partial charge in [0.05, 0.1) is 24.2 Å². The quantitative estimate of drug-likeness (QED) is 0.349. The number of carbonyl (C=O) groups is 3. The summed E-state index contributed by atoms with van der Waals surface area (Å²) in [6.07, 6.45) is -2.30. The Labute approximate surface area is 225 Å². The second kappa shape index (κ2) is 9.22. The van der Waals surface area contributed by atoms with Gasteiger partial charge in [-0.05, 0) is 59.8 Å². The Morgan fingerprint density at radius 3 is 2.13 bits per heavy atom. The first-order chi connectivity index (χ1) is 17.4. The Bertz CT molecular complexity index is 1060. The van der Waals surface area contributed by atoms with Gasteiger partial charge in [-0.1, -0.05) is 48.5 Å². The molecule has 4 aliphatic rings. The normalized spacial score (nSPS) is 45.6. The van der Waals surface area contributed by atoms with Crippen LogP contribution in [0.5, 0.6) is 0 Å². The number of hydrogen-bond donors (Lipinski definition) is 5. The summed E-state index contributed by atoms with van der Waals surface area (Å²) in [7, 11) is 0. The van der Waals surface area contributed by atoms with Crippen LogP contribution in [0.4, 0.5) is 0 Å². The minimum atomic E-state index is -1.43. The van der Waals surface area contributed by atoms with Crippen molar-refractivity contribution in [2.24, 2.45) is 45.3 Å². The third-order valence-electron chi connectivity index (χ3n) is 11.9. The lowest BCUT2D eigenvalue weighted by Crippen LogP contribution is -2.65. The minimum absolute atomic E-state index is 0.0852. The highest BCUT2D eigenvalue weighted by molar-refractivity contribution is 6.03. The minimum Gasteiger partial charge on any atom is -0.481 e. The number of rotatable bonds is 6. The van der Waals surface area contributed by atoms with Gasteiger partial charge in [0.2, 0.25) is 0 Å². The monoisotopic (exact) mass is 534 g/mol. The summed E-state index contributed by atoms with van der Waals surface area (Å²) in [5.41, 5.74) is -2.49. The molecule has 2 fully saturated rings. The van der Waals surface area contributed by atoms with Crippen molar-refractivity contribution in [1.82, 2.24) is 0 Å². The van der Waals surface area contributed by atoms with E-state index in [2.05, 4.69) is 0 Å². The molecule has 38 heavy (non-hydrogen) atoms. The first kappa shape index (κ1) is 29.4. The summed E-state index contributed by atoms with van der Waals surface area (Å²) in [5.74, 6) is -3.36. The zero-order valence-electron chi connectivity index (χ0n) is 23.8. The van der Waals surface area contributed by atoms with E-state index in [4.69, 9.17) is 0 Å². The van der Waals surface area contributed by atoms with E-state index >= 15 is 0 Å². The maximum Gasteiger partial charge on any atom is 0.306 e. The van der Waals surface area contributed by atoms with Crippen LogP contribution in [-0.4, -0.2) is 67.5 Å². The second-order valence-electron chi connectivity index (χ2n) is 14.2. The van der Waals surface area contributed by atoms with Crippen LogP contribution in [0.2, 0.25) is 0 Å². The zero-order valence-corrected chi connectivity index (χ0v) is 23.8. The summed E-state index contributed by atoms with van der Waals surface area (Å²) in [6.45, 7) is 12.9. The molecule has 8 heteroatoms. The average Bonchev–Trinajstić information content (AvgIpc) is 3.03. The van der Waals surface area contributed by atoms with Gasteiger partial charge in [-0.3, -0.25) is 14.4 Å². The van der Waals surface area contributed by atoms with Gasteiger partial charge in [0.1, 0.15) is 11.9 Å². The van der Waals surface area contributed by atoms with Crippen LogP contribution in [0, 0.1) is 45.3 Å². The Hall–Kier alpha value is -1.61. The lowest BCUT2D eigenvalue weighted by Gasteiger charge is -2.63. The Kier molecular flexibility index (Phi) is 7.12. The van der Waals surface area contributed by atoms with Crippen molar-refractivity contribution >= 4 is 17.5 Å². The predicted molar refractivity (Wildman–Crippen MR) is 140 cm³/mol. The molecular weight excluding hydrogens is 488 g/mol. The molecule has 1 unspecified atom stereocenters. The van der Waals surface area contributed by atoms with Crippen LogP contribution < -0.4 is 0 Å². The second-order valence-corrected chi connectivity index (χ2v) is 14.2. The Balaban J connectivity index is 1.79. The van der Waals surface area contributed by atoms with Gasteiger partial charge in [0.25, 0.3) is 0 Å². The highest BCUT2D eigenvalue weighted by Crippen LogP contribution is 2.71. The van der Waals surface area contributed by atoms with Crippen molar-refractivity contribution in [3.05, 3.63) is 11.1 Å². The Morgan fingerprint density at radius 1 is 0.947 bits per heavy atom. The van der Waals surface area contributed by atoms with Gasteiger partial charge in [-0.25, -0.2) is 0 Å². The molecule has 11 atom stereocenters. The molecule has 0 spiro atoms. The summed E-state index contributed by atoms with van der Waals surface area (Å²) >= 11 is 0. The predicted octanol–water partition coefficient (Wildman–Crippen LogP) is 2.89. The number of aliphatic carboxylic acids is 1. The molecule has 0 saturated heterocycles. The first-order valence-electron chi connectivity index (χ1n) is 14.1. The van der Waals surface area contributed by atoms with Crippen molar-refractivity contribution in [3.63, 3.8) is 0 Å². The van der Waals surface area contributed by atoms with Crippen molar-refractivity contribution in [2.45, 2.75) is 111 Å². The molecule has 2 saturated carbocycles. The van der Waals surface area contributed by atoms with Crippen molar-refractivity contribution in [2.75, 3.05) is 0 Å². The fourth-order valence-electron chi connectivity index (χ4n) is 9.40. The topological polar surface area (TPSA) is 152 Å². The molecule has 4 aliphatic carbocycles. The molecule has 0 heterocycles. The third-order valence-corrected chi connectivity index (χ3v) is 11.9. The molecule has 0 aliphatic heterocycles. The maximum absolute atomic E-state index is 14.2. The zero-order chi connectivity index (χ0) is 28.7. The molecule has 5 N–H and O–H groups in total. The van der Waals surface area contributed by atoms with E-state index in [1.54, 1.807) is 6.92 Å². The van der Waals surface area contributed by atoms with Gasteiger partial charge in [0, 0.05) is 29.2 Å². The van der Waals surface area contributed by atoms with Crippen LogP contribution in [0.3, 0.4) is 0 Å². The van der Waals surface area contributed by atoms with Crippen molar-refractivity contribution in [3.8, 4) is 0 Å². The summed E-state index contributed by atoms with van der Waals surface area (Å²) in [4.78, 5) is 38.1. The number of carboxylic acid groups (broad SMARTS) is 1. The van der Waals surface area contributed by atoms with E-state index in [0.29, 0.717) is 30.4 Å². The molecular formula is C30H46O8. The summed E-state index contributed by atoms with van der Waals surface area (Å²) in [6, 6.07) is 0. The molecule has 0 amide bonds. The number of aliphatic hydroxyl groups is 4. The molecule has 0 radical (unpaired) electrons. The Morgan fingerprint density at radius 2 is 1.55 bits per heavy atom. The van der Waals surface area contributed by atoms with Crippen LogP contribution in [0.25, 0.3) is 0 Å². The molecule has 214 valence electrons. The maximum atomic E-state index is 14.2. The fourth-order valence-corrected chi connectivity index (χ4v) is 9.40. The van der Waals surface area contributed by atoms with Gasteiger partial charge in [-0.2, -0.15) is 0 Å². The highest BCUT2D eigenvalue weighted by atomic mass is 16.4. The summed E-state index contributed by atoms with van der Waals surface area (Å²) in [5, 5.41) is 55.1. The van der Waals surface area contributed by atoms with E-state index in [0.717, 1.165) is 0 Å². The van der Waals surface area contributed by atoms with Gasteiger partial charge >= 0.3 is 5.97 Å². The number of Topliss-reactive ketones (excluding diaryl/α,β-unsaturated/α-hetero) is 2. The van der Waals surface area contributed by atoms with E-state index in [9.17, 15) is 39.9 Å². The van der Waals surface area contributed by atoms with E-state index in [-0.39, 0.29) is 36.9 Å². The standard InChI is InChI=1S/C30H46O8/c1-14(10-16(31)11-15(2)26(37)38)17-12-21(34)30(7)22-18(32)13-19-27(3,4)20(33)8-9-28(19,5)23(22)24(35)25(36)29(17,30)6/h14-15,17-21,25,32-34,36H,8-13H2,1-7H3,(H,37,38)/t14-,15?,17-,18+,19+,20+,21+,25-,28+,29+,30+/m1/s1. The number of carbonyl (C=O) groups excluding carboxylic acids is 2. The van der Waals surface area contributed by atoms with Crippen molar-refractivity contribution < 1.29 is 39.9 Å². The lowest BCUT2D eigenvalue weighted by atomic mass is 9.41.